The molecule has 2 aliphatic rings. The van der Waals surface area contributed by atoms with Gasteiger partial charge in [0.2, 0.25) is 0 Å². The van der Waals surface area contributed by atoms with Crippen molar-refractivity contribution in [3.63, 3.8) is 0 Å². The van der Waals surface area contributed by atoms with Gasteiger partial charge in [0.15, 0.2) is 9.84 Å². The van der Waals surface area contributed by atoms with Crippen LogP contribution in [-0.2, 0) is 14.6 Å². The number of ether oxygens (including phenoxy) is 1. The standard InChI is InChI=1S/C13H25NO3S/c1-2-7-14-11-5-6-13(9-11)18(15,16)10-12-4-3-8-17-12/h11-14H,2-10H2,1H3. The van der Waals surface area contributed by atoms with E-state index >= 15 is 0 Å². The van der Waals surface area contributed by atoms with Crippen molar-refractivity contribution in [3.8, 4) is 0 Å². The first kappa shape index (κ1) is 14.3. The first-order valence-electron chi connectivity index (χ1n) is 7.18. The van der Waals surface area contributed by atoms with Gasteiger partial charge in [0, 0.05) is 12.6 Å². The van der Waals surface area contributed by atoms with E-state index in [1.165, 1.54) is 0 Å². The fourth-order valence-corrected chi connectivity index (χ4v) is 5.05. The van der Waals surface area contributed by atoms with Crippen LogP contribution in [0.3, 0.4) is 0 Å². The van der Waals surface area contributed by atoms with Gasteiger partial charge in [-0.25, -0.2) is 8.42 Å². The SMILES string of the molecule is CCCNC1CCC(S(=O)(=O)CC2CCCO2)C1. The molecule has 106 valence electrons. The number of sulfone groups is 1. The lowest BCUT2D eigenvalue weighted by Gasteiger charge is -2.16. The minimum absolute atomic E-state index is 0.0438. The van der Waals surface area contributed by atoms with E-state index in [1.807, 2.05) is 0 Å². The summed E-state index contributed by atoms with van der Waals surface area (Å²) in [5.74, 6) is 0.234. The molecule has 1 aliphatic carbocycles. The van der Waals surface area contributed by atoms with Crippen molar-refractivity contribution in [3.05, 3.63) is 0 Å². The molecule has 0 aromatic heterocycles. The zero-order chi connectivity index (χ0) is 13.0. The van der Waals surface area contributed by atoms with Gasteiger partial charge < -0.3 is 10.1 Å². The molecule has 0 amide bonds. The van der Waals surface area contributed by atoms with E-state index in [-0.39, 0.29) is 17.1 Å². The third-order valence-electron chi connectivity index (χ3n) is 4.02. The largest absolute Gasteiger partial charge is 0.377 e. The fourth-order valence-electron chi connectivity index (χ4n) is 2.97. The summed E-state index contributed by atoms with van der Waals surface area (Å²) in [4.78, 5) is 0. The summed E-state index contributed by atoms with van der Waals surface area (Å²) in [5, 5.41) is 3.29. The Labute approximate surface area is 110 Å². The van der Waals surface area contributed by atoms with Crippen LogP contribution in [0.5, 0.6) is 0 Å². The van der Waals surface area contributed by atoms with Crippen molar-refractivity contribution in [1.82, 2.24) is 5.32 Å². The smallest absolute Gasteiger partial charge is 0.155 e. The van der Waals surface area contributed by atoms with E-state index in [2.05, 4.69) is 12.2 Å². The minimum atomic E-state index is -2.97. The molecule has 0 aromatic rings. The molecular formula is C13H25NO3S. The van der Waals surface area contributed by atoms with E-state index in [1.54, 1.807) is 0 Å². The van der Waals surface area contributed by atoms with Crippen LogP contribution in [0.15, 0.2) is 0 Å². The quantitative estimate of drug-likeness (QED) is 0.798. The molecule has 1 saturated carbocycles. The van der Waals surface area contributed by atoms with E-state index in [9.17, 15) is 8.42 Å². The van der Waals surface area contributed by atoms with E-state index in [0.29, 0.717) is 6.04 Å². The van der Waals surface area contributed by atoms with Crippen LogP contribution in [-0.4, -0.2) is 44.7 Å². The molecule has 1 N–H and O–H groups in total. The highest BCUT2D eigenvalue weighted by molar-refractivity contribution is 7.92. The number of rotatable bonds is 6. The van der Waals surface area contributed by atoms with Gasteiger partial charge in [0.1, 0.15) is 0 Å². The minimum Gasteiger partial charge on any atom is -0.377 e. The maximum absolute atomic E-state index is 12.3. The Hall–Kier alpha value is -0.130. The number of hydrogen-bond donors (Lipinski definition) is 1. The van der Waals surface area contributed by atoms with Crippen LogP contribution in [0.25, 0.3) is 0 Å². The number of nitrogens with one attached hydrogen (secondary N) is 1. The highest BCUT2D eigenvalue weighted by Gasteiger charge is 2.36. The molecule has 0 spiro atoms. The molecule has 0 bridgehead atoms. The van der Waals surface area contributed by atoms with Crippen molar-refractivity contribution in [2.24, 2.45) is 0 Å². The van der Waals surface area contributed by atoms with E-state index in [0.717, 1.165) is 51.7 Å². The Morgan fingerprint density at radius 3 is 2.78 bits per heavy atom. The van der Waals surface area contributed by atoms with Crippen LogP contribution in [0.4, 0.5) is 0 Å². The lowest BCUT2D eigenvalue weighted by atomic mass is 10.2. The molecule has 2 rings (SSSR count). The van der Waals surface area contributed by atoms with Gasteiger partial charge in [0.25, 0.3) is 0 Å². The van der Waals surface area contributed by atoms with Gasteiger partial charge in [0.05, 0.1) is 17.1 Å². The summed E-state index contributed by atoms with van der Waals surface area (Å²) >= 11 is 0. The highest BCUT2D eigenvalue weighted by atomic mass is 32.2. The van der Waals surface area contributed by atoms with Gasteiger partial charge in [-0.15, -0.1) is 0 Å². The number of hydrogen-bond acceptors (Lipinski definition) is 4. The molecule has 0 radical (unpaired) electrons. The lowest BCUT2D eigenvalue weighted by Crippen LogP contribution is -2.31. The molecule has 5 heteroatoms. The predicted octanol–water partition coefficient (Wildman–Crippen LogP) is 1.50. The topological polar surface area (TPSA) is 55.4 Å². The summed E-state index contributed by atoms with van der Waals surface area (Å²) in [6.07, 6.45) is 5.57. The normalized spacial score (nSPS) is 33.1. The van der Waals surface area contributed by atoms with Crippen LogP contribution in [0, 0.1) is 0 Å². The zero-order valence-electron chi connectivity index (χ0n) is 11.2. The summed E-state index contributed by atoms with van der Waals surface area (Å²) < 4.78 is 30.0. The second kappa shape index (κ2) is 6.35. The molecule has 3 atom stereocenters. The Balaban J connectivity index is 1.83. The van der Waals surface area contributed by atoms with Gasteiger partial charge in [-0.05, 0) is 45.1 Å². The monoisotopic (exact) mass is 275 g/mol. The van der Waals surface area contributed by atoms with Crippen molar-refractivity contribution >= 4 is 9.84 Å². The lowest BCUT2D eigenvalue weighted by molar-refractivity contribution is 0.127. The van der Waals surface area contributed by atoms with Crippen LogP contribution in [0.2, 0.25) is 0 Å². The zero-order valence-corrected chi connectivity index (χ0v) is 12.0. The first-order chi connectivity index (χ1) is 8.62. The summed E-state index contributed by atoms with van der Waals surface area (Å²) in [6.45, 7) is 3.85. The van der Waals surface area contributed by atoms with Crippen molar-refractivity contribution < 1.29 is 13.2 Å². The second-order valence-electron chi connectivity index (χ2n) is 5.55. The highest BCUT2D eigenvalue weighted by Crippen LogP contribution is 2.28. The molecule has 1 saturated heterocycles. The average Bonchev–Trinajstić information content (AvgIpc) is 2.96. The second-order valence-corrected chi connectivity index (χ2v) is 7.88. The van der Waals surface area contributed by atoms with Crippen molar-refractivity contribution in [2.45, 2.75) is 62.8 Å². The third-order valence-corrected chi connectivity index (χ3v) is 6.30. The summed E-state index contributed by atoms with van der Waals surface area (Å²) in [7, 11) is -2.97. The Morgan fingerprint density at radius 2 is 2.11 bits per heavy atom. The van der Waals surface area contributed by atoms with Gasteiger partial charge >= 0.3 is 0 Å². The Morgan fingerprint density at radius 1 is 1.28 bits per heavy atom. The van der Waals surface area contributed by atoms with Crippen LogP contribution >= 0.6 is 0 Å². The van der Waals surface area contributed by atoms with Crippen molar-refractivity contribution in [1.29, 1.82) is 0 Å². The van der Waals surface area contributed by atoms with E-state index < -0.39 is 9.84 Å². The molecule has 0 aromatic carbocycles. The van der Waals surface area contributed by atoms with Gasteiger partial charge in [-0.2, -0.15) is 0 Å². The molecule has 4 nitrogen and oxygen atoms in total. The molecule has 1 heterocycles. The molecular weight excluding hydrogens is 250 g/mol. The molecule has 2 fully saturated rings. The summed E-state index contributed by atoms with van der Waals surface area (Å²) in [6, 6.07) is 0.397. The molecule has 1 aliphatic heterocycles. The van der Waals surface area contributed by atoms with Gasteiger partial charge in [-0.1, -0.05) is 6.92 Å². The summed E-state index contributed by atoms with van der Waals surface area (Å²) in [5.41, 5.74) is 0. The van der Waals surface area contributed by atoms with Crippen molar-refractivity contribution in [2.75, 3.05) is 18.9 Å². The average molecular weight is 275 g/mol. The Bertz CT molecular complexity index is 349. The van der Waals surface area contributed by atoms with Gasteiger partial charge in [-0.3, -0.25) is 0 Å². The molecule has 18 heavy (non-hydrogen) atoms. The first-order valence-corrected chi connectivity index (χ1v) is 8.90. The Kier molecular flexibility index (Phi) is 5.04. The van der Waals surface area contributed by atoms with Crippen LogP contribution in [0.1, 0.15) is 45.4 Å². The maximum Gasteiger partial charge on any atom is 0.155 e. The fraction of sp³-hybridized carbons (Fsp3) is 1.00. The van der Waals surface area contributed by atoms with Crippen LogP contribution < -0.4 is 5.32 Å². The molecule has 3 unspecified atom stereocenters. The maximum atomic E-state index is 12.3. The van der Waals surface area contributed by atoms with E-state index in [4.69, 9.17) is 4.74 Å². The third kappa shape index (κ3) is 3.68. The predicted molar refractivity (Wildman–Crippen MR) is 72.5 cm³/mol.